The van der Waals surface area contributed by atoms with E-state index >= 15 is 0 Å². The minimum absolute atomic E-state index is 0.408. The van der Waals surface area contributed by atoms with Gasteiger partial charge in [-0.3, -0.25) is 0 Å². The summed E-state index contributed by atoms with van der Waals surface area (Å²) in [5.41, 5.74) is 4.86. The summed E-state index contributed by atoms with van der Waals surface area (Å²) in [7, 11) is 0. The Morgan fingerprint density at radius 1 is 1.00 bits per heavy atom. The molecule has 1 spiro atoms. The summed E-state index contributed by atoms with van der Waals surface area (Å²) in [6.45, 7) is 2.10. The van der Waals surface area contributed by atoms with Gasteiger partial charge in [-0.15, -0.1) is 10.2 Å². The highest BCUT2D eigenvalue weighted by Crippen LogP contribution is 2.43. The number of aryl methyl sites for hydroxylation is 1. The third-order valence-corrected chi connectivity index (χ3v) is 6.53. The zero-order chi connectivity index (χ0) is 19.7. The van der Waals surface area contributed by atoms with Gasteiger partial charge >= 0.3 is 0 Å². The number of fused-ring (bicyclic) bond motifs is 3. The summed E-state index contributed by atoms with van der Waals surface area (Å²) < 4.78 is 6.54. The van der Waals surface area contributed by atoms with Crippen LogP contribution in [0.5, 0.6) is 5.88 Å². The molecule has 2 aliphatic rings. The average molecular weight is 405 g/mol. The number of nitrogens with one attached hydrogen (secondary N) is 1. The van der Waals surface area contributed by atoms with Crippen LogP contribution in [-0.2, 0) is 5.75 Å². The van der Waals surface area contributed by atoms with Crippen molar-refractivity contribution in [3.05, 3.63) is 59.7 Å². The molecule has 0 amide bonds. The van der Waals surface area contributed by atoms with Crippen LogP contribution in [0.4, 0.5) is 5.69 Å². The first kappa shape index (κ1) is 18.4. The first-order chi connectivity index (χ1) is 14.2. The number of benzene rings is 2. The third-order valence-electron chi connectivity index (χ3n) is 5.62. The molecule has 1 N–H and O–H groups in total. The van der Waals surface area contributed by atoms with Gasteiger partial charge in [0.1, 0.15) is 0 Å². The lowest BCUT2D eigenvalue weighted by molar-refractivity contribution is 0.0536. The summed E-state index contributed by atoms with van der Waals surface area (Å²) in [4.78, 5) is 4.78. The highest BCUT2D eigenvalue weighted by molar-refractivity contribution is 7.98. The molecule has 1 saturated carbocycles. The van der Waals surface area contributed by atoms with E-state index in [1.165, 1.54) is 17.5 Å². The number of nitrogens with zero attached hydrogens (tertiary/aromatic N) is 3. The van der Waals surface area contributed by atoms with Crippen LogP contribution in [0.15, 0.2) is 53.7 Å². The molecule has 0 bridgehead atoms. The van der Waals surface area contributed by atoms with Crippen LogP contribution < -0.4 is 10.1 Å². The SMILES string of the molecule is Cc1ccc(CSc2nnc3c(n2)OC2(CCCCC2)Nc2ccccc2-3)cc1. The number of anilines is 1. The van der Waals surface area contributed by atoms with Crippen LogP contribution in [-0.4, -0.2) is 20.9 Å². The Morgan fingerprint density at radius 3 is 2.62 bits per heavy atom. The Bertz CT molecular complexity index is 1020. The smallest absolute Gasteiger partial charge is 0.247 e. The van der Waals surface area contributed by atoms with Crippen molar-refractivity contribution in [1.29, 1.82) is 0 Å². The molecule has 1 aliphatic carbocycles. The summed E-state index contributed by atoms with van der Waals surface area (Å²) in [6.07, 6.45) is 5.49. The van der Waals surface area contributed by atoms with Crippen molar-refractivity contribution in [1.82, 2.24) is 15.2 Å². The van der Waals surface area contributed by atoms with Gasteiger partial charge in [0, 0.05) is 29.8 Å². The number of para-hydroxylation sites is 1. The molecule has 3 aromatic rings. The van der Waals surface area contributed by atoms with Crippen molar-refractivity contribution < 1.29 is 4.74 Å². The molecule has 1 aromatic heterocycles. The number of rotatable bonds is 3. The fourth-order valence-electron chi connectivity index (χ4n) is 4.04. The first-order valence-electron chi connectivity index (χ1n) is 10.2. The Kier molecular flexibility index (Phi) is 4.87. The summed E-state index contributed by atoms with van der Waals surface area (Å²) in [5.74, 6) is 1.39. The standard InChI is InChI=1S/C23H24N4OS/c1-16-9-11-17(12-10-16)15-29-22-24-21-20(26-27-22)18-7-3-4-8-19(18)25-23(28-21)13-5-2-6-14-23/h3-4,7-12,25H,2,5-6,13-15H2,1H3. The van der Waals surface area contributed by atoms with E-state index in [1.807, 2.05) is 12.1 Å². The van der Waals surface area contributed by atoms with Gasteiger partial charge in [-0.2, -0.15) is 4.98 Å². The Hall–Kier alpha value is -2.60. The van der Waals surface area contributed by atoms with Gasteiger partial charge in [0.25, 0.3) is 0 Å². The lowest BCUT2D eigenvalue weighted by Gasteiger charge is -2.37. The molecule has 0 atom stereocenters. The fourth-order valence-corrected chi connectivity index (χ4v) is 4.77. The molecule has 29 heavy (non-hydrogen) atoms. The minimum Gasteiger partial charge on any atom is -0.449 e. The van der Waals surface area contributed by atoms with Gasteiger partial charge < -0.3 is 10.1 Å². The van der Waals surface area contributed by atoms with E-state index < -0.39 is 5.72 Å². The molecule has 2 aromatic carbocycles. The zero-order valence-electron chi connectivity index (χ0n) is 16.5. The van der Waals surface area contributed by atoms with Crippen molar-refractivity contribution in [2.24, 2.45) is 0 Å². The lowest BCUT2D eigenvalue weighted by Crippen LogP contribution is -2.45. The van der Waals surface area contributed by atoms with Gasteiger partial charge in [-0.25, -0.2) is 0 Å². The van der Waals surface area contributed by atoms with E-state index in [4.69, 9.17) is 9.72 Å². The van der Waals surface area contributed by atoms with Gasteiger partial charge in [0.15, 0.2) is 11.4 Å². The number of hydrogen-bond donors (Lipinski definition) is 1. The molecule has 0 radical (unpaired) electrons. The summed E-state index contributed by atoms with van der Waals surface area (Å²) >= 11 is 1.59. The van der Waals surface area contributed by atoms with Crippen LogP contribution >= 0.6 is 11.8 Å². The van der Waals surface area contributed by atoms with Crippen LogP contribution in [0.25, 0.3) is 11.3 Å². The molecule has 5 nitrogen and oxygen atoms in total. The molecule has 148 valence electrons. The highest BCUT2D eigenvalue weighted by Gasteiger charge is 2.39. The second kappa shape index (κ2) is 7.67. The number of ether oxygens (including phenoxy) is 1. The van der Waals surface area contributed by atoms with Gasteiger partial charge in [0.05, 0.1) is 0 Å². The van der Waals surface area contributed by atoms with Crippen molar-refractivity contribution in [3.63, 3.8) is 0 Å². The summed E-state index contributed by atoms with van der Waals surface area (Å²) in [6, 6.07) is 16.8. The van der Waals surface area contributed by atoms with Crippen LogP contribution in [0.2, 0.25) is 0 Å². The van der Waals surface area contributed by atoms with Crippen LogP contribution in [0.1, 0.15) is 43.2 Å². The molecule has 1 fully saturated rings. The number of thioether (sulfide) groups is 1. The third kappa shape index (κ3) is 3.81. The summed E-state index contributed by atoms with van der Waals surface area (Å²) in [5, 5.41) is 13.2. The molecule has 0 saturated heterocycles. The van der Waals surface area contributed by atoms with E-state index in [2.05, 4.69) is 58.8 Å². The first-order valence-corrected chi connectivity index (χ1v) is 11.2. The van der Waals surface area contributed by atoms with Crippen molar-refractivity contribution in [3.8, 4) is 17.1 Å². The minimum atomic E-state index is -0.408. The maximum atomic E-state index is 6.54. The van der Waals surface area contributed by atoms with Crippen LogP contribution in [0.3, 0.4) is 0 Å². The highest BCUT2D eigenvalue weighted by atomic mass is 32.2. The Labute approximate surface area is 175 Å². The number of aromatic nitrogens is 3. The molecular formula is C23H24N4OS. The number of hydrogen-bond acceptors (Lipinski definition) is 6. The monoisotopic (exact) mass is 404 g/mol. The second-order valence-corrected chi connectivity index (χ2v) is 8.79. The van der Waals surface area contributed by atoms with E-state index in [0.29, 0.717) is 11.0 Å². The van der Waals surface area contributed by atoms with E-state index in [-0.39, 0.29) is 0 Å². The Morgan fingerprint density at radius 2 is 1.79 bits per heavy atom. The van der Waals surface area contributed by atoms with Gasteiger partial charge in [-0.1, -0.05) is 66.2 Å². The molecule has 5 rings (SSSR count). The predicted molar refractivity (Wildman–Crippen MR) is 116 cm³/mol. The van der Waals surface area contributed by atoms with Crippen molar-refractivity contribution >= 4 is 17.4 Å². The van der Waals surface area contributed by atoms with Crippen molar-refractivity contribution in [2.45, 2.75) is 55.7 Å². The lowest BCUT2D eigenvalue weighted by atomic mass is 9.91. The molecule has 1 aliphatic heterocycles. The van der Waals surface area contributed by atoms with E-state index in [1.54, 1.807) is 11.8 Å². The normalized spacial score (nSPS) is 16.9. The molecular weight excluding hydrogens is 380 g/mol. The maximum Gasteiger partial charge on any atom is 0.247 e. The molecule has 0 unspecified atom stereocenters. The molecule has 6 heteroatoms. The van der Waals surface area contributed by atoms with Gasteiger partial charge in [0.2, 0.25) is 11.0 Å². The van der Waals surface area contributed by atoms with Crippen molar-refractivity contribution in [2.75, 3.05) is 5.32 Å². The fraction of sp³-hybridized carbons (Fsp3) is 0.348. The topological polar surface area (TPSA) is 59.9 Å². The van der Waals surface area contributed by atoms with Gasteiger partial charge in [-0.05, 0) is 31.4 Å². The maximum absolute atomic E-state index is 6.54. The zero-order valence-corrected chi connectivity index (χ0v) is 17.3. The molecule has 2 heterocycles. The van der Waals surface area contributed by atoms with E-state index in [9.17, 15) is 0 Å². The quantitative estimate of drug-likeness (QED) is 0.573. The largest absolute Gasteiger partial charge is 0.449 e. The Balaban J connectivity index is 1.47. The average Bonchev–Trinajstić information content (AvgIpc) is 2.87. The second-order valence-electron chi connectivity index (χ2n) is 7.85. The predicted octanol–water partition coefficient (Wildman–Crippen LogP) is 5.60. The van der Waals surface area contributed by atoms with Crippen LogP contribution in [0, 0.1) is 6.92 Å². The van der Waals surface area contributed by atoms with E-state index in [0.717, 1.165) is 48.4 Å².